The number of ether oxygens (including phenoxy) is 2. The van der Waals surface area contributed by atoms with Gasteiger partial charge >= 0.3 is 11.9 Å². The van der Waals surface area contributed by atoms with Gasteiger partial charge < -0.3 is 9.47 Å². The topological polar surface area (TPSA) is 52.6 Å². The molecular weight excluding hydrogens is 364 g/mol. The molecule has 170 valence electrons. The molecule has 2 unspecified atom stereocenters. The fourth-order valence-corrected chi connectivity index (χ4v) is 4.01. The maximum Gasteiger partial charge on any atom is 0.309 e. The highest BCUT2D eigenvalue weighted by atomic mass is 16.6. The van der Waals surface area contributed by atoms with E-state index in [0.717, 1.165) is 38.0 Å². The second kappa shape index (κ2) is 14.0. The van der Waals surface area contributed by atoms with E-state index < -0.39 is 5.60 Å². The molecule has 0 aromatic rings. The van der Waals surface area contributed by atoms with Gasteiger partial charge in [-0.3, -0.25) is 9.59 Å². The van der Waals surface area contributed by atoms with Crippen LogP contribution in [0.25, 0.3) is 0 Å². The summed E-state index contributed by atoms with van der Waals surface area (Å²) < 4.78 is 11.0. The summed E-state index contributed by atoms with van der Waals surface area (Å²) in [6.45, 7) is 10.7. The summed E-state index contributed by atoms with van der Waals surface area (Å²) >= 11 is 0. The molecule has 0 amide bonds. The van der Waals surface area contributed by atoms with E-state index in [4.69, 9.17) is 9.47 Å². The van der Waals surface area contributed by atoms with Gasteiger partial charge in [-0.2, -0.15) is 0 Å². The summed E-state index contributed by atoms with van der Waals surface area (Å²) in [6.07, 6.45) is 14.5. The number of carbonyl (C=O) groups is 2. The standard InChI is InChI=1S/C25H46O4/c1-20(2)15-12-10-8-6-7-9-11-13-18-28-23(26)21-16-14-17-22(19-21)24(27)29-25(3,4)5/h20-22H,6-19H2,1-5H3. The summed E-state index contributed by atoms with van der Waals surface area (Å²) in [7, 11) is 0. The lowest BCUT2D eigenvalue weighted by atomic mass is 9.81. The van der Waals surface area contributed by atoms with Gasteiger partial charge in [0.15, 0.2) is 0 Å². The molecule has 1 rings (SSSR count). The Hall–Kier alpha value is -1.06. The second-order valence-corrected chi connectivity index (χ2v) is 10.3. The van der Waals surface area contributed by atoms with Crippen LogP contribution in [0.4, 0.5) is 0 Å². The van der Waals surface area contributed by atoms with Gasteiger partial charge in [-0.15, -0.1) is 0 Å². The number of hydrogen-bond donors (Lipinski definition) is 0. The molecule has 29 heavy (non-hydrogen) atoms. The molecule has 0 aliphatic heterocycles. The molecule has 2 atom stereocenters. The Bertz CT molecular complexity index is 464. The Morgan fingerprint density at radius 3 is 1.90 bits per heavy atom. The molecule has 0 spiro atoms. The van der Waals surface area contributed by atoms with E-state index in [1.165, 1.54) is 44.9 Å². The van der Waals surface area contributed by atoms with E-state index in [1.807, 2.05) is 20.8 Å². The summed E-state index contributed by atoms with van der Waals surface area (Å²) in [5.74, 6) is 0.227. The van der Waals surface area contributed by atoms with Crippen LogP contribution in [0.2, 0.25) is 0 Å². The first-order chi connectivity index (χ1) is 13.7. The van der Waals surface area contributed by atoms with E-state index in [-0.39, 0.29) is 23.8 Å². The van der Waals surface area contributed by atoms with Gasteiger partial charge in [0.2, 0.25) is 0 Å². The average Bonchev–Trinajstić information content (AvgIpc) is 2.64. The summed E-state index contributed by atoms with van der Waals surface area (Å²) in [5.41, 5.74) is -0.474. The lowest BCUT2D eigenvalue weighted by Crippen LogP contribution is -2.33. The van der Waals surface area contributed by atoms with Crippen LogP contribution < -0.4 is 0 Å². The predicted molar refractivity (Wildman–Crippen MR) is 119 cm³/mol. The van der Waals surface area contributed by atoms with E-state index >= 15 is 0 Å². The molecular formula is C25H46O4. The smallest absolute Gasteiger partial charge is 0.309 e. The largest absolute Gasteiger partial charge is 0.465 e. The number of carbonyl (C=O) groups excluding carboxylic acids is 2. The Morgan fingerprint density at radius 2 is 1.34 bits per heavy atom. The van der Waals surface area contributed by atoms with Crippen LogP contribution in [0.5, 0.6) is 0 Å². The highest BCUT2D eigenvalue weighted by Gasteiger charge is 2.34. The van der Waals surface area contributed by atoms with Gasteiger partial charge in [0.25, 0.3) is 0 Å². The highest BCUT2D eigenvalue weighted by molar-refractivity contribution is 5.76. The molecule has 0 N–H and O–H groups in total. The Labute approximate surface area is 179 Å². The van der Waals surface area contributed by atoms with E-state index in [2.05, 4.69) is 13.8 Å². The molecule has 0 aromatic heterocycles. The highest BCUT2D eigenvalue weighted by Crippen LogP contribution is 2.31. The van der Waals surface area contributed by atoms with Crippen LogP contribution >= 0.6 is 0 Å². The molecule has 4 nitrogen and oxygen atoms in total. The molecule has 0 bridgehead atoms. The van der Waals surface area contributed by atoms with Crippen molar-refractivity contribution in [3.63, 3.8) is 0 Å². The Kier molecular flexibility index (Phi) is 12.6. The predicted octanol–water partition coefficient (Wildman–Crippen LogP) is 6.84. The SMILES string of the molecule is CC(C)CCCCCCCCCCOC(=O)C1CCCC(C(=O)OC(C)(C)C)C1. The van der Waals surface area contributed by atoms with Crippen molar-refractivity contribution in [2.75, 3.05) is 6.61 Å². The zero-order chi connectivity index (χ0) is 21.7. The van der Waals surface area contributed by atoms with E-state index in [1.54, 1.807) is 0 Å². The third-order valence-corrected chi connectivity index (χ3v) is 5.67. The van der Waals surface area contributed by atoms with Gasteiger partial charge in [-0.1, -0.05) is 71.6 Å². The first kappa shape index (κ1) is 26.0. The van der Waals surface area contributed by atoms with Crippen LogP contribution in [-0.2, 0) is 19.1 Å². The van der Waals surface area contributed by atoms with Crippen molar-refractivity contribution in [2.24, 2.45) is 17.8 Å². The maximum absolute atomic E-state index is 12.4. The Morgan fingerprint density at radius 1 is 0.828 bits per heavy atom. The number of unbranched alkanes of at least 4 members (excludes halogenated alkanes) is 7. The van der Waals surface area contributed by atoms with Crippen molar-refractivity contribution in [1.29, 1.82) is 0 Å². The molecule has 1 saturated carbocycles. The monoisotopic (exact) mass is 410 g/mol. The first-order valence-electron chi connectivity index (χ1n) is 12.1. The number of hydrogen-bond acceptors (Lipinski definition) is 4. The zero-order valence-corrected chi connectivity index (χ0v) is 19.8. The fraction of sp³-hybridized carbons (Fsp3) is 0.920. The molecule has 0 heterocycles. The molecule has 0 saturated heterocycles. The van der Waals surface area contributed by atoms with Crippen LogP contribution in [0.15, 0.2) is 0 Å². The normalized spacial score (nSPS) is 19.9. The number of rotatable bonds is 13. The third-order valence-electron chi connectivity index (χ3n) is 5.67. The minimum absolute atomic E-state index is 0.122. The van der Waals surface area contributed by atoms with Crippen LogP contribution in [0.1, 0.15) is 118 Å². The minimum Gasteiger partial charge on any atom is -0.465 e. The Balaban J connectivity index is 2.07. The number of esters is 2. The van der Waals surface area contributed by atoms with E-state index in [0.29, 0.717) is 13.0 Å². The summed E-state index contributed by atoms with van der Waals surface area (Å²) in [4.78, 5) is 24.6. The summed E-state index contributed by atoms with van der Waals surface area (Å²) in [5, 5.41) is 0. The van der Waals surface area contributed by atoms with Crippen molar-refractivity contribution >= 4 is 11.9 Å². The second-order valence-electron chi connectivity index (χ2n) is 10.3. The first-order valence-corrected chi connectivity index (χ1v) is 12.1. The fourth-order valence-electron chi connectivity index (χ4n) is 4.01. The maximum atomic E-state index is 12.4. The average molecular weight is 411 g/mol. The van der Waals surface area contributed by atoms with Crippen molar-refractivity contribution < 1.29 is 19.1 Å². The molecule has 1 fully saturated rings. The molecule has 0 radical (unpaired) electrons. The third kappa shape index (κ3) is 13.0. The van der Waals surface area contributed by atoms with Crippen molar-refractivity contribution in [3.8, 4) is 0 Å². The van der Waals surface area contributed by atoms with Gasteiger partial charge in [0, 0.05) is 0 Å². The quantitative estimate of drug-likeness (QED) is 0.246. The van der Waals surface area contributed by atoms with Crippen LogP contribution in [0, 0.1) is 17.8 Å². The van der Waals surface area contributed by atoms with Crippen molar-refractivity contribution in [3.05, 3.63) is 0 Å². The van der Waals surface area contributed by atoms with Crippen molar-refractivity contribution in [2.45, 2.75) is 124 Å². The van der Waals surface area contributed by atoms with Gasteiger partial charge in [0.1, 0.15) is 5.60 Å². The van der Waals surface area contributed by atoms with Gasteiger partial charge in [0.05, 0.1) is 18.4 Å². The lowest BCUT2D eigenvalue weighted by Gasteiger charge is -2.29. The van der Waals surface area contributed by atoms with E-state index in [9.17, 15) is 9.59 Å². The summed E-state index contributed by atoms with van der Waals surface area (Å²) in [6, 6.07) is 0. The molecule has 1 aliphatic carbocycles. The zero-order valence-electron chi connectivity index (χ0n) is 19.8. The van der Waals surface area contributed by atoms with Crippen molar-refractivity contribution in [1.82, 2.24) is 0 Å². The minimum atomic E-state index is -0.474. The lowest BCUT2D eigenvalue weighted by molar-refractivity contribution is -0.163. The van der Waals surface area contributed by atoms with Gasteiger partial charge in [-0.05, 0) is 52.4 Å². The molecule has 1 aliphatic rings. The van der Waals surface area contributed by atoms with Crippen LogP contribution in [-0.4, -0.2) is 24.1 Å². The van der Waals surface area contributed by atoms with Gasteiger partial charge in [-0.25, -0.2) is 0 Å². The molecule has 4 heteroatoms. The molecule has 0 aromatic carbocycles. The van der Waals surface area contributed by atoms with Crippen LogP contribution in [0.3, 0.4) is 0 Å².